The van der Waals surface area contributed by atoms with Gasteiger partial charge in [-0.25, -0.2) is 0 Å². The summed E-state index contributed by atoms with van der Waals surface area (Å²) in [6.45, 7) is 0. The number of fused-ring (bicyclic) bond motifs is 1. The molecule has 1 aromatic heterocycles. The first-order valence-electron chi connectivity index (χ1n) is 8.28. The Morgan fingerprint density at radius 3 is 2.62 bits per heavy atom. The molecule has 5 nitrogen and oxygen atoms in total. The van der Waals surface area contributed by atoms with Gasteiger partial charge in [-0.1, -0.05) is 12.1 Å². The zero-order valence-electron chi connectivity index (χ0n) is 14.3. The Kier molecular flexibility index (Phi) is 5.36. The zero-order chi connectivity index (χ0) is 18.5. The summed E-state index contributed by atoms with van der Waals surface area (Å²) in [6, 6.07) is 11.2. The average Bonchev–Trinajstić information content (AvgIpc) is 3.03. The summed E-state index contributed by atoms with van der Waals surface area (Å²) in [5, 5.41) is 22.1. The monoisotopic (exact) mass is 363 g/mol. The molecular formula is C20H17N3O2S. The van der Waals surface area contributed by atoms with Crippen molar-refractivity contribution in [3.05, 3.63) is 51.4 Å². The first-order valence-corrected chi connectivity index (χ1v) is 9.09. The van der Waals surface area contributed by atoms with Crippen molar-refractivity contribution in [2.45, 2.75) is 25.7 Å². The van der Waals surface area contributed by atoms with E-state index in [1.807, 2.05) is 6.07 Å². The third-order valence-electron chi connectivity index (χ3n) is 4.30. The minimum Gasteiger partial charge on any atom is -0.497 e. The Labute approximate surface area is 156 Å². The zero-order valence-corrected chi connectivity index (χ0v) is 15.2. The molecule has 0 unspecified atom stereocenters. The molecule has 130 valence electrons. The van der Waals surface area contributed by atoms with Gasteiger partial charge in [-0.05, 0) is 55.0 Å². The second-order valence-corrected chi connectivity index (χ2v) is 7.03. The number of carbonyl (C=O) groups is 1. The van der Waals surface area contributed by atoms with Crippen molar-refractivity contribution in [3.63, 3.8) is 0 Å². The summed E-state index contributed by atoms with van der Waals surface area (Å²) in [7, 11) is 1.58. The van der Waals surface area contributed by atoms with E-state index in [-0.39, 0.29) is 5.57 Å². The van der Waals surface area contributed by atoms with Gasteiger partial charge in [0.05, 0.1) is 12.7 Å². The molecule has 0 radical (unpaired) electrons. The van der Waals surface area contributed by atoms with Crippen molar-refractivity contribution in [3.8, 4) is 17.9 Å². The average molecular weight is 363 g/mol. The molecule has 0 aliphatic heterocycles. The van der Waals surface area contributed by atoms with E-state index in [9.17, 15) is 15.3 Å². The fourth-order valence-corrected chi connectivity index (χ4v) is 4.19. The highest BCUT2D eigenvalue weighted by atomic mass is 32.1. The number of carbonyl (C=O) groups excluding carboxylic acids is 1. The number of nitrogens with zero attached hydrogens (tertiary/aromatic N) is 2. The summed E-state index contributed by atoms with van der Waals surface area (Å²) in [5.41, 5.74) is 2.31. The maximum Gasteiger partial charge on any atom is 0.266 e. The van der Waals surface area contributed by atoms with Crippen LogP contribution in [0, 0.1) is 22.7 Å². The molecule has 1 aliphatic carbocycles. The third-order valence-corrected chi connectivity index (χ3v) is 5.51. The number of rotatable bonds is 4. The molecule has 1 N–H and O–H groups in total. The van der Waals surface area contributed by atoms with Crippen LogP contribution in [0.2, 0.25) is 0 Å². The molecule has 0 fully saturated rings. The van der Waals surface area contributed by atoms with E-state index in [0.29, 0.717) is 16.3 Å². The number of thiophene rings is 1. The summed E-state index contributed by atoms with van der Waals surface area (Å²) in [6.07, 6.45) is 5.50. The van der Waals surface area contributed by atoms with E-state index < -0.39 is 5.91 Å². The molecule has 0 atom stereocenters. The Morgan fingerprint density at radius 1 is 1.23 bits per heavy atom. The van der Waals surface area contributed by atoms with Crippen molar-refractivity contribution in [1.82, 2.24) is 0 Å². The standard InChI is InChI=1S/C20H17N3O2S/c1-25-15-8-6-13(7-9-15)10-14(11-21)19(24)23-20-17(12-22)16-4-2-3-5-18(16)26-20/h6-10H,2-5H2,1H3,(H,23,24). The molecule has 1 aliphatic rings. The number of methoxy groups -OCH3 is 1. The fraction of sp³-hybridized carbons (Fsp3) is 0.250. The minimum atomic E-state index is -0.501. The molecule has 6 heteroatoms. The van der Waals surface area contributed by atoms with Crippen LogP contribution in [-0.4, -0.2) is 13.0 Å². The van der Waals surface area contributed by atoms with Crippen LogP contribution in [0.15, 0.2) is 29.8 Å². The number of nitriles is 2. The van der Waals surface area contributed by atoms with Crippen molar-refractivity contribution in [2.75, 3.05) is 12.4 Å². The van der Waals surface area contributed by atoms with Gasteiger partial charge in [0.1, 0.15) is 28.5 Å². The van der Waals surface area contributed by atoms with Crippen molar-refractivity contribution in [1.29, 1.82) is 10.5 Å². The number of benzene rings is 1. The second-order valence-electron chi connectivity index (χ2n) is 5.92. The quantitative estimate of drug-likeness (QED) is 0.656. The molecule has 1 aromatic carbocycles. The molecular weight excluding hydrogens is 346 g/mol. The molecule has 26 heavy (non-hydrogen) atoms. The van der Waals surface area contributed by atoms with Gasteiger partial charge in [-0.3, -0.25) is 4.79 Å². The van der Waals surface area contributed by atoms with Crippen LogP contribution in [0.5, 0.6) is 5.75 Å². The van der Waals surface area contributed by atoms with Crippen LogP contribution >= 0.6 is 11.3 Å². The maximum atomic E-state index is 12.5. The molecule has 1 heterocycles. The van der Waals surface area contributed by atoms with Crippen molar-refractivity contribution < 1.29 is 9.53 Å². The number of amides is 1. The van der Waals surface area contributed by atoms with Gasteiger partial charge in [-0.15, -0.1) is 11.3 Å². The van der Waals surface area contributed by atoms with Crippen LogP contribution < -0.4 is 10.1 Å². The van der Waals surface area contributed by atoms with Crippen LogP contribution in [0.25, 0.3) is 6.08 Å². The highest BCUT2D eigenvalue weighted by molar-refractivity contribution is 7.16. The van der Waals surface area contributed by atoms with Crippen LogP contribution in [0.3, 0.4) is 0 Å². The summed E-state index contributed by atoms with van der Waals surface area (Å²) in [5.74, 6) is 0.200. The van der Waals surface area contributed by atoms with Gasteiger partial charge in [0, 0.05) is 4.88 Å². The Balaban J connectivity index is 1.84. The number of ether oxygens (including phenoxy) is 1. The number of aryl methyl sites for hydroxylation is 1. The van der Waals surface area contributed by atoms with Crippen LogP contribution in [0.4, 0.5) is 5.00 Å². The fourth-order valence-electron chi connectivity index (χ4n) is 2.96. The normalized spacial score (nSPS) is 13.3. The van der Waals surface area contributed by atoms with Gasteiger partial charge < -0.3 is 10.1 Å². The van der Waals surface area contributed by atoms with E-state index in [2.05, 4.69) is 11.4 Å². The lowest BCUT2D eigenvalue weighted by molar-refractivity contribution is -0.112. The second kappa shape index (κ2) is 7.86. The van der Waals surface area contributed by atoms with E-state index in [4.69, 9.17) is 4.74 Å². The van der Waals surface area contributed by atoms with Crippen LogP contribution in [0.1, 0.15) is 34.4 Å². The summed E-state index contributed by atoms with van der Waals surface area (Å²) < 4.78 is 5.10. The van der Waals surface area contributed by atoms with E-state index >= 15 is 0 Å². The predicted molar refractivity (Wildman–Crippen MR) is 101 cm³/mol. The lowest BCUT2D eigenvalue weighted by Crippen LogP contribution is -2.13. The predicted octanol–water partition coefficient (Wildman–Crippen LogP) is 4.05. The first-order chi connectivity index (χ1) is 12.7. The SMILES string of the molecule is COc1ccc(C=C(C#N)C(=O)Nc2sc3c(c2C#N)CCCC3)cc1. The van der Waals surface area contributed by atoms with E-state index in [0.717, 1.165) is 36.8 Å². The molecule has 3 rings (SSSR count). The highest BCUT2D eigenvalue weighted by Gasteiger charge is 2.22. The lowest BCUT2D eigenvalue weighted by atomic mass is 9.96. The minimum absolute atomic E-state index is 0.00886. The van der Waals surface area contributed by atoms with Crippen LogP contribution in [-0.2, 0) is 17.6 Å². The molecule has 1 amide bonds. The maximum absolute atomic E-state index is 12.5. The van der Waals surface area contributed by atoms with Gasteiger partial charge in [-0.2, -0.15) is 10.5 Å². The number of hydrogen-bond acceptors (Lipinski definition) is 5. The topological polar surface area (TPSA) is 85.9 Å². The number of nitrogens with one attached hydrogen (secondary N) is 1. The Hall–Kier alpha value is -3.09. The molecule has 0 saturated carbocycles. The smallest absolute Gasteiger partial charge is 0.266 e. The van der Waals surface area contributed by atoms with Crippen molar-refractivity contribution >= 4 is 28.3 Å². The largest absolute Gasteiger partial charge is 0.497 e. The van der Waals surface area contributed by atoms with Gasteiger partial charge in [0.2, 0.25) is 0 Å². The van der Waals surface area contributed by atoms with Gasteiger partial charge >= 0.3 is 0 Å². The van der Waals surface area contributed by atoms with E-state index in [1.165, 1.54) is 22.3 Å². The van der Waals surface area contributed by atoms with Gasteiger partial charge in [0.15, 0.2) is 0 Å². The molecule has 0 spiro atoms. The number of anilines is 1. The lowest BCUT2D eigenvalue weighted by Gasteiger charge is -2.09. The Morgan fingerprint density at radius 2 is 1.96 bits per heavy atom. The van der Waals surface area contributed by atoms with Crippen molar-refractivity contribution in [2.24, 2.45) is 0 Å². The molecule has 0 saturated heterocycles. The summed E-state index contributed by atoms with van der Waals surface area (Å²) in [4.78, 5) is 13.7. The molecule has 2 aromatic rings. The third kappa shape index (κ3) is 3.61. The van der Waals surface area contributed by atoms with E-state index in [1.54, 1.807) is 31.4 Å². The molecule has 0 bridgehead atoms. The Bertz CT molecular complexity index is 943. The highest BCUT2D eigenvalue weighted by Crippen LogP contribution is 2.37. The van der Waals surface area contributed by atoms with Gasteiger partial charge in [0.25, 0.3) is 5.91 Å². The summed E-state index contributed by atoms with van der Waals surface area (Å²) >= 11 is 1.45. The first kappa shape index (κ1) is 17.7. The number of hydrogen-bond donors (Lipinski definition) is 1.